The summed E-state index contributed by atoms with van der Waals surface area (Å²) in [6.45, 7) is 3.11. The maximum atomic E-state index is 14.5. The third-order valence-corrected chi connectivity index (χ3v) is 15.9. The number of nitrogens with zero attached hydrogens (tertiary/aromatic N) is 6. The van der Waals surface area contributed by atoms with Crippen molar-refractivity contribution in [2.75, 3.05) is 49.5 Å². The Morgan fingerprint density at radius 1 is 0.762 bits per heavy atom. The number of ether oxygens (including phenoxy) is 1. The number of rotatable bonds is 18. The predicted octanol–water partition coefficient (Wildman–Crippen LogP) is 9.42. The topological polar surface area (TPSA) is 229 Å². The van der Waals surface area contributed by atoms with Gasteiger partial charge in [0.2, 0.25) is 17.2 Å². The molecule has 5 heterocycles. The van der Waals surface area contributed by atoms with E-state index < -0.39 is 41.1 Å². The lowest BCUT2D eigenvalue weighted by atomic mass is 9.82. The summed E-state index contributed by atoms with van der Waals surface area (Å²) in [5.74, 6) is -1.61. The minimum Gasteiger partial charge on any atom is -0.478 e. The number of hydroxylamine groups is 1. The van der Waals surface area contributed by atoms with Gasteiger partial charge in [0.25, 0.3) is 11.8 Å². The highest BCUT2D eigenvalue weighted by molar-refractivity contribution is 6.03. The van der Waals surface area contributed by atoms with Gasteiger partial charge in [-0.1, -0.05) is 30.1 Å². The van der Waals surface area contributed by atoms with Gasteiger partial charge in [0.15, 0.2) is 0 Å². The summed E-state index contributed by atoms with van der Waals surface area (Å²) in [6, 6.07) is 18.1. The van der Waals surface area contributed by atoms with Crippen LogP contribution in [0.15, 0.2) is 77.9 Å². The number of aryl methyl sites for hydroxylation is 2. The van der Waals surface area contributed by atoms with Gasteiger partial charge in [0.05, 0.1) is 16.7 Å². The first kappa shape index (κ1) is 55.1. The molecule has 5 aliphatic rings. The summed E-state index contributed by atoms with van der Waals surface area (Å²) in [5.41, 5.74) is 17.2. The minimum atomic E-state index is -4.89. The van der Waals surface area contributed by atoms with Crippen molar-refractivity contribution in [2.45, 2.75) is 115 Å². The quantitative estimate of drug-likeness (QED) is 0.0105. The number of hydrogen-bond donors (Lipinski definition) is 5. The molecule has 5 aliphatic heterocycles. The summed E-state index contributed by atoms with van der Waals surface area (Å²) >= 11 is 0. The van der Waals surface area contributed by atoms with Crippen molar-refractivity contribution in [1.29, 1.82) is 0 Å². The number of anilines is 2. The third-order valence-electron chi connectivity index (χ3n) is 15.9. The summed E-state index contributed by atoms with van der Waals surface area (Å²) in [6.07, 6.45) is 7.32. The number of carboxylic acid groups (broad SMARTS) is 1. The van der Waals surface area contributed by atoms with Gasteiger partial charge in [-0.05, 0) is 147 Å². The fourth-order valence-electron chi connectivity index (χ4n) is 12.2. The van der Waals surface area contributed by atoms with Gasteiger partial charge in [-0.2, -0.15) is 13.2 Å². The van der Waals surface area contributed by atoms with Gasteiger partial charge in [0, 0.05) is 119 Å². The Morgan fingerprint density at radius 3 is 2.25 bits per heavy atom. The first-order valence-corrected chi connectivity index (χ1v) is 27.7. The molecule has 0 fully saturated rings. The van der Waals surface area contributed by atoms with E-state index in [4.69, 9.17) is 15.5 Å². The number of fused-ring (bicyclic) bond motifs is 4. The summed E-state index contributed by atoms with van der Waals surface area (Å²) in [5, 5.41) is 30.5. The van der Waals surface area contributed by atoms with Crippen molar-refractivity contribution < 1.29 is 52.2 Å². The molecular formula is C60H63F3N9O8+. The van der Waals surface area contributed by atoms with Gasteiger partial charge in [-0.3, -0.25) is 24.4 Å². The standard InChI is InChI=1S/C60H62F3N9O8/c61-60(62,63)48-31-36(17-24-49(48)67-69-64)35-72(58(76)37-18-21-41(22-19-37)66-50(73)15-3-1-2-4-16-51(74)68-79)30-25-65-57(75)40-20-23-42(59(77)78)45(34-40)52-46-32-38-11-5-7-26-70-28-9-13-43(53(38)70)55(46)80-56-44-14-10-29-71-27-8-6-12-39(54(44)71)33-47(52)56/h17-24,31-34H,1-16,25-30,35H2,(H4-,65,66,68,73,74,75,76,77,78,79)/p+1. The Morgan fingerprint density at radius 2 is 1.49 bits per heavy atom. The zero-order chi connectivity index (χ0) is 56.1. The molecular weight excluding hydrogens is 1030 g/mol. The first-order valence-electron chi connectivity index (χ1n) is 27.7. The molecule has 0 aromatic heterocycles. The van der Waals surface area contributed by atoms with E-state index in [0.29, 0.717) is 42.5 Å². The molecule has 5 aromatic rings. The summed E-state index contributed by atoms with van der Waals surface area (Å²) in [7, 11) is 0. The van der Waals surface area contributed by atoms with E-state index in [2.05, 4.69) is 42.3 Å². The number of amides is 4. The number of carbonyl (C=O) groups excluding carboxylic acids is 4. The zero-order valence-electron chi connectivity index (χ0n) is 44.4. The molecule has 0 saturated heterocycles. The highest BCUT2D eigenvalue weighted by Crippen LogP contribution is 2.49. The summed E-state index contributed by atoms with van der Waals surface area (Å²) < 4.78 is 52.5. The number of azide groups is 1. The summed E-state index contributed by atoms with van der Waals surface area (Å²) in [4.78, 5) is 72.5. The monoisotopic (exact) mass is 1090 g/mol. The van der Waals surface area contributed by atoms with Crippen LogP contribution < -0.4 is 40.9 Å². The van der Waals surface area contributed by atoms with Crippen molar-refractivity contribution in [3.05, 3.63) is 155 Å². The average molecular weight is 1100 g/mol. The number of unbranched alkanes of at least 4 members (excludes halogenated alkanes) is 3. The molecule has 80 heavy (non-hydrogen) atoms. The van der Waals surface area contributed by atoms with Crippen molar-refractivity contribution >= 4 is 52.2 Å². The average Bonchev–Trinajstić information content (AvgIpc) is 3.89. The minimum absolute atomic E-state index is 0.0110. The second-order valence-electron chi connectivity index (χ2n) is 21.2. The van der Waals surface area contributed by atoms with E-state index in [1.54, 1.807) is 11.5 Å². The van der Waals surface area contributed by atoms with Gasteiger partial charge >= 0.3 is 12.1 Å². The number of hydrogen-bond acceptors (Lipinski definition) is 9. The number of carbonyl (C=O) groups is 5. The van der Waals surface area contributed by atoms with Crippen LogP contribution in [-0.2, 0) is 48.0 Å². The lowest BCUT2D eigenvalue weighted by molar-refractivity contribution is -0.137. The van der Waals surface area contributed by atoms with E-state index >= 15 is 0 Å². The smallest absolute Gasteiger partial charge is 0.416 e. The van der Waals surface area contributed by atoms with Crippen molar-refractivity contribution in [3.63, 3.8) is 0 Å². The third kappa shape index (κ3) is 11.7. The molecule has 10 rings (SSSR count). The van der Waals surface area contributed by atoms with Crippen LogP contribution in [0.4, 0.5) is 30.2 Å². The van der Waals surface area contributed by atoms with Gasteiger partial charge in [-0.25, -0.2) is 14.9 Å². The molecule has 4 amide bonds. The molecule has 0 spiro atoms. The molecule has 20 heteroatoms. The molecule has 17 nitrogen and oxygen atoms in total. The fourth-order valence-corrected chi connectivity index (χ4v) is 12.2. The van der Waals surface area contributed by atoms with Crippen LogP contribution in [0, 0.1) is 0 Å². The van der Waals surface area contributed by atoms with Gasteiger partial charge in [0.1, 0.15) is 24.6 Å². The molecule has 0 saturated carbocycles. The molecule has 0 radical (unpaired) electrons. The molecule has 5 N–H and O–H groups in total. The van der Waals surface area contributed by atoms with Gasteiger partial charge < -0.3 is 30.3 Å². The molecule has 0 bridgehead atoms. The van der Waals surface area contributed by atoms with Crippen LogP contribution in [0.1, 0.15) is 153 Å². The number of aromatic carboxylic acids is 1. The molecule has 5 aromatic carbocycles. The second-order valence-corrected chi connectivity index (χ2v) is 21.2. The highest BCUT2D eigenvalue weighted by atomic mass is 19.4. The predicted molar refractivity (Wildman–Crippen MR) is 293 cm³/mol. The van der Waals surface area contributed by atoms with Crippen molar-refractivity contribution in [1.82, 2.24) is 20.3 Å². The van der Waals surface area contributed by atoms with E-state index in [1.165, 1.54) is 69.5 Å². The first-order chi connectivity index (χ1) is 38.7. The van der Waals surface area contributed by atoms with E-state index in [0.717, 1.165) is 136 Å². The number of halogens is 3. The Bertz CT molecular complexity index is 3490. The van der Waals surface area contributed by atoms with E-state index in [1.807, 2.05) is 0 Å². The maximum Gasteiger partial charge on any atom is 0.416 e. The number of carboxylic acids is 1. The number of benzene rings is 5. The van der Waals surface area contributed by atoms with Crippen molar-refractivity contribution in [3.8, 4) is 11.5 Å². The van der Waals surface area contributed by atoms with Gasteiger partial charge in [-0.15, -0.1) is 0 Å². The lowest BCUT2D eigenvalue weighted by Crippen LogP contribution is -2.41. The SMILES string of the molecule is [N-]=[N+]=Nc1ccc(CN(CCNC(=O)c2ccc(C(=O)O)c(C3=c4cc5c6c(c4Oc4c3cc3c7c4CCCN7CCCC3)CCC[N+]=6CCCC5)c2)C(=O)c2ccc(NC(=O)CCCCCCC(=O)NO)cc2)cc1C(F)(F)F. The highest BCUT2D eigenvalue weighted by Gasteiger charge is 2.37. The lowest BCUT2D eigenvalue weighted by Gasteiger charge is -2.35. The van der Waals surface area contributed by atoms with E-state index in [9.17, 15) is 42.3 Å². The Kier molecular flexibility index (Phi) is 16.5. The van der Waals surface area contributed by atoms with Crippen molar-refractivity contribution in [2.24, 2.45) is 5.11 Å². The Labute approximate surface area is 459 Å². The number of alkyl halides is 3. The molecule has 0 atom stereocenters. The zero-order valence-corrected chi connectivity index (χ0v) is 44.4. The van der Waals surface area contributed by atoms with Crippen LogP contribution in [0.25, 0.3) is 16.0 Å². The molecule has 0 aliphatic carbocycles. The fraction of sp³-hybridized carbons (Fsp3) is 0.400. The Hall–Kier alpha value is -8.22. The molecule has 416 valence electrons. The van der Waals surface area contributed by atoms with E-state index in [-0.39, 0.29) is 60.6 Å². The van der Waals surface area contributed by atoms with Crippen LogP contribution in [-0.4, -0.2) is 84.1 Å². The van der Waals surface area contributed by atoms with Crippen LogP contribution in [0.2, 0.25) is 0 Å². The number of nitrogens with one attached hydrogen (secondary N) is 3. The Balaban J connectivity index is 0.957. The van der Waals surface area contributed by atoms with Crippen LogP contribution >= 0.6 is 0 Å². The largest absolute Gasteiger partial charge is 0.478 e. The second kappa shape index (κ2) is 24.0. The van der Waals surface area contributed by atoms with Crippen LogP contribution in [0.5, 0.6) is 11.5 Å². The maximum absolute atomic E-state index is 14.5. The molecule has 0 unspecified atom stereocenters. The van der Waals surface area contributed by atoms with Crippen LogP contribution in [0.3, 0.4) is 0 Å². The normalized spacial score (nSPS) is 15.1.